The van der Waals surface area contributed by atoms with Crippen molar-refractivity contribution in [3.05, 3.63) is 38.3 Å². The van der Waals surface area contributed by atoms with Crippen LogP contribution in [0.2, 0.25) is 0 Å². The first-order chi connectivity index (χ1) is 7.10. The monoisotopic (exact) mass is 275 g/mol. The average Bonchev–Trinajstić information content (AvgIpc) is 2.21. The van der Waals surface area contributed by atoms with Gasteiger partial charge in [0.1, 0.15) is 0 Å². The highest BCUT2D eigenvalue weighted by molar-refractivity contribution is 9.10. The van der Waals surface area contributed by atoms with Crippen molar-refractivity contribution in [2.75, 3.05) is 13.2 Å². The summed E-state index contributed by atoms with van der Waals surface area (Å²) < 4.78 is 0.590. The number of hydrogen-bond acceptors (Lipinski definition) is 4. The van der Waals surface area contributed by atoms with Gasteiger partial charge in [-0.3, -0.25) is 10.1 Å². The number of aliphatic hydroxyl groups excluding tert-OH is 2. The number of hydrogen-bond donors (Lipinski definition) is 2. The van der Waals surface area contributed by atoms with Crippen LogP contribution in [0.15, 0.2) is 22.7 Å². The first kappa shape index (κ1) is 12.1. The lowest BCUT2D eigenvalue weighted by Gasteiger charge is -2.11. The van der Waals surface area contributed by atoms with Crippen molar-refractivity contribution in [2.24, 2.45) is 0 Å². The maximum Gasteiger partial charge on any atom is 0.274 e. The van der Waals surface area contributed by atoms with Gasteiger partial charge in [0.05, 0.1) is 18.1 Å². The predicted octanol–water partition coefficient (Wildman–Crippen LogP) is 1.43. The summed E-state index contributed by atoms with van der Waals surface area (Å²) in [6.07, 6.45) is 0. The van der Waals surface area contributed by atoms with Crippen LogP contribution in [0.3, 0.4) is 0 Å². The summed E-state index contributed by atoms with van der Waals surface area (Å²) >= 11 is 3.13. The lowest BCUT2D eigenvalue weighted by Crippen LogP contribution is -2.11. The zero-order valence-electron chi connectivity index (χ0n) is 7.76. The third kappa shape index (κ3) is 2.74. The molecule has 0 fully saturated rings. The molecule has 0 aromatic heterocycles. The smallest absolute Gasteiger partial charge is 0.274 e. The van der Waals surface area contributed by atoms with Gasteiger partial charge in [0, 0.05) is 22.0 Å². The largest absolute Gasteiger partial charge is 0.396 e. The summed E-state index contributed by atoms with van der Waals surface area (Å²) in [6, 6.07) is 4.52. The van der Waals surface area contributed by atoms with Crippen LogP contribution in [0.5, 0.6) is 0 Å². The number of benzene rings is 1. The molecule has 0 aliphatic heterocycles. The van der Waals surface area contributed by atoms with Crippen LogP contribution in [-0.4, -0.2) is 28.4 Å². The van der Waals surface area contributed by atoms with E-state index in [1.807, 2.05) is 0 Å². The first-order valence-corrected chi connectivity index (χ1v) is 5.05. The molecule has 1 rings (SSSR count). The van der Waals surface area contributed by atoms with Crippen molar-refractivity contribution in [1.29, 1.82) is 0 Å². The second-order valence-corrected chi connectivity index (χ2v) is 3.94. The molecular formula is C9H10BrNO4. The maximum absolute atomic E-state index is 10.7. The number of nitrogens with zero attached hydrogens (tertiary/aromatic N) is 1. The molecule has 0 radical (unpaired) electrons. The van der Waals surface area contributed by atoms with E-state index >= 15 is 0 Å². The fraction of sp³-hybridized carbons (Fsp3) is 0.333. The van der Waals surface area contributed by atoms with E-state index in [4.69, 9.17) is 10.2 Å². The summed E-state index contributed by atoms with van der Waals surface area (Å²) in [5, 5.41) is 28.7. The average molecular weight is 276 g/mol. The highest BCUT2D eigenvalue weighted by Gasteiger charge is 2.21. The van der Waals surface area contributed by atoms with E-state index in [1.165, 1.54) is 12.1 Å². The lowest BCUT2D eigenvalue weighted by atomic mass is 9.99. The molecule has 0 saturated carbocycles. The van der Waals surface area contributed by atoms with Crippen molar-refractivity contribution >= 4 is 21.6 Å². The van der Waals surface area contributed by atoms with E-state index in [0.29, 0.717) is 10.0 Å². The molecule has 6 heteroatoms. The van der Waals surface area contributed by atoms with Crippen LogP contribution in [0, 0.1) is 10.1 Å². The number of nitro benzene ring substituents is 1. The Morgan fingerprint density at radius 3 is 2.47 bits per heavy atom. The van der Waals surface area contributed by atoms with Gasteiger partial charge < -0.3 is 10.2 Å². The quantitative estimate of drug-likeness (QED) is 0.643. The Hall–Kier alpha value is -0.980. The van der Waals surface area contributed by atoms with E-state index in [2.05, 4.69) is 15.9 Å². The van der Waals surface area contributed by atoms with Crippen LogP contribution in [0.4, 0.5) is 5.69 Å². The predicted molar refractivity (Wildman–Crippen MR) is 57.7 cm³/mol. The summed E-state index contributed by atoms with van der Waals surface area (Å²) in [6.45, 7) is -0.641. The van der Waals surface area contributed by atoms with Crippen molar-refractivity contribution in [3.63, 3.8) is 0 Å². The molecule has 1 aromatic carbocycles. The molecule has 0 aliphatic rings. The summed E-state index contributed by atoms with van der Waals surface area (Å²) in [5.41, 5.74) is 0.241. The maximum atomic E-state index is 10.7. The molecule has 0 saturated heterocycles. The number of halogens is 1. The molecule has 1 aromatic rings. The topological polar surface area (TPSA) is 83.6 Å². The number of nitro groups is 1. The zero-order valence-corrected chi connectivity index (χ0v) is 9.35. The minimum absolute atomic E-state index is 0.0996. The van der Waals surface area contributed by atoms with Gasteiger partial charge in [0.15, 0.2) is 0 Å². The van der Waals surface area contributed by atoms with Gasteiger partial charge in [0.25, 0.3) is 5.69 Å². The molecule has 2 N–H and O–H groups in total. The molecule has 5 nitrogen and oxygen atoms in total. The molecule has 15 heavy (non-hydrogen) atoms. The van der Waals surface area contributed by atoms with Gasteiger partial charge >= 0.3 is 0 Å². The van der Waals surface area contributed by atoms with Gasteiger partial charge in [-0.1, -0.05) is 22.0 Å². The Labute approximate surface area is 94.6 Å². The fourth-order valence-corrected chi connectivity index (χ4v) is 1.62. The zero-order chi connectivity index (χ0) is 11.4. The SMILES string of the molecule is O=[N+]([O-])c1cc(Br)ccc1C(CO)CO. The number of aliphatic hydroxyl groups is 2. The van der Waals surface area contributed by atoms with E-state index in [0.717, 1.165) is 0 Å². The summed E-state index contributed by atoms with van der Waals surface area (Å²) in [5.74, 6) is -0.613. The van der Waals surface area contributed by atoms with Gasteiger partial charge in [-0.2, -0.15) is 0 Å². The Morgan fingerprint density at radius 2 is 2.00 bits per heavy atom. The van der Waals surface area contributed by atoms with E-state index in [1.54, 1.807) is 6.07 Å². The Kier molecular flexibility index (Phi) is 4.19. The molecule has 0 atom stereocenters. The Balaban J connectivity index is 3.21. The minimum atomic E-state index is -0.613. The van der Waals surface area contributed by atoms with Gasteiger partial charge in [-0.05, 0) is 6.07 Å². The Bertz CT molecular complexity index is 365. The second kappa shape index (κ2) is 5.20. The van der Waals surface area contributed by atoms with Crippen LogP contribution < -0.4 is 0 Å². The van der Waals surface area contributed by atoms with Crippen LogP contribution in [0.25, 0.3) is 0 Å². The van der Waals surface area contributed by atoms with Gasteiger partial charge in [-0.25, -0.2) is 0 Å². The molecule has 82 valence electrons. The molecule has 0 amide bonds. The highest BCUT2D eigenvalue weighted by atomic mass is 79.9. The highest BCUT2D eigenvalue weighted by Crippen LogP contribution is 2.29. The normalized spacial score (nSPS) is 10.7. The second-order valence-electron chi connectivity index (χ2n) is 3.02. The van der Waals surface area contributed by atoms with Crippen molar-refractivity contribution in [3.8, 4) is 0 Å². The minimum Gasteiger partial charge on any atom is -0.396 e. The molecule has 0 aliphatic carbocycles. The third-order valence-corrected chi connectivity index (χ3v) is 2.56. The van der Waals surface area contributed by atoms with Crippen molar-refractivity contribution in [2.45, 2.75) is 5.92 Å². The number of rotatable bonds is 4. The standard InChI is InChI=1S/C9H10BrNO4/c10-7-1-2-8(6(4-12)5-13)9(3-7)11(14)15/h1-3,6,12-13H,4-5H2. The first-order valence-electron chi connectivity index (χ1n) is 4.25. The lowest BCUT2D eigenvalue weighted by molar-refractivity contribution is -0.385. The molecule has 0 bridgehead atoms. The summed E-state index contributed by atoms with van der Waals surface area (Å²) in [7, 11) is 0. The molecule has 0 unspecified atom stereocenters. The summed E-state index contributed by atoms with van der Waals surface area (Å²) in [4.78, 5) is 10.2. The fourth-order valence-electron chi connectivity index (χ4n) is 1.27. The van der Waals surface area contributed by atoms with Gasteiger partial charge in [-0.15, -0.1) is 0 Å². The van der Waals surface area contributed by atoms with Crippen LogP contribution in [-0.2, 0) is 0 Å². The van der Waals surface area contributed by atoms with Gasteiger partial charge in [0.2, 0.25) is 0 Å². The van der Waals surface area contributed by atoms with Crippen LogP contribution >= 0.6 is 15.9 Å². The molecule has 0 heterocycles. The van der Waals surface area contributed by atoms with Crippen LogP contribution in [0.1, 0.15) is 11.5 Å². The van der Waals surface area contributed by atoms with E-state index in [-0.39, 0.29) is 18.9 Å². The van der Waals surface area contributed by atoms with E-state index in [9.17, 15) is 10.1 Å². The Morgan fingerprint density at radius 1 is 1.40 bits per heavy atom. The third-order valence-electron chi connectivity index (χ3n) is 2.07. The molecular weight excluding hydrogens is 266 g/mol. The van der Waals surface area contributed by atoms with Crippen molar-refractivity contribution < 1.29 is 15.1 Å². The molecule has 0 spiro atoms. The van der Waals surface area contributed by atoms with Crippen molar-refractivity contribution in [1.82, 2.24) is 0 Å². The van der Waals surface area contributed by atoms with E-state index < -0.39 is 10.8 Å².